The lowest BCUT2D eigenvalue weighted by Crippen LogP contribution is -2.36. The van der Waals surface area contributed by atoms with Gasteiger partial charge in [-0.25, -0.2) is 4.98 Å². The van der Waals surface area contributed by atoms with E-state index in [4.69, 9.17) is 4.42 Å². The number of hydrogen-bond donors (Lipinski definition) is 1. The lowest BCUT2D eigenvalue weighted by molar-refractivity contribution is -0.137. The van der Waals surface area contributed by atoms with Crippen molar-refractivity contribution < 1.29 is 14.0 Å². The molecule has 6 heteroatoms. The Labute approximate surface area is 131 Å². The van der Waals surface area contributed by atoms with Gasteiger partial charge in [-0.3, -0.25) is 9.59 Å². The number of oxazole rings is 1. The molecule has 2 rings (SSSR count). The number of carbonyl (C=O) groups is 2. The Kier molecular flexibility index (Phi) is 5.98. The van der Waals surface area contributed by atoms with Crippen molar-refractivity contribution in [2.45, 2.75) is 52.5 Å². The van der Waals surface area contributed by atoms with Crippen molar-refractivity contribution in [3.63, 3.8) is 0 Å². The summed E-state index contributed by atoms with van der Waals surface area (Å²) in [5, 5.41) is 2.67. The summed E-state index contributed by atoms with van der Waals surface area (Å²) < 4.78 is 5.34. The Morgan fingerprint density at radius 2 is 2.05 bits per heavy atom. The van der Waals surface area contributed by atoms with Gasteiger partial charge in [0, 0.05) is 19.0 Å². The van der Waals surface area contributed by atoms with E-state index in [1.807, 2.05) is 13.8 Å². The van der Waals surface area contributed by atoms with Crippen molar-refractivity contribution in [3.8, 4) is 0 Å². The van der Waals surface area contributed by atoms with Gasteiger partial charge in [-0.15, -0.1) is 0 Å². The summed E-state index contributed by atoms with van der Waals surface area (Å²) in [6.07, 6.45) is 6.80. The van der Waals surface area contributed by atoms with E-state index in [1.54, 1.807) is 4.90 Å². The van der Waals surface area contributed by atoms with Crippen LogP contribution in [0.3, 0.4) is 0 Å². The standard InChI is InChI=1S/C16H25N3O3/c1-3-17-15(20)13-11-22-14(18-13)10-19(4-2)16(21)12-8-6-5-7-9-12/h11-12H,3-10H2,1-2H3,(H,17,20). The molecule has 0 atom stereocenters. The zero-order chi connectivity index (χ0) is 15.9. The minimum atomic E-state index is -0.251. The fourth-order valence-electron chi connectivity index (χ4n) is 2.86. The highest BCUT2D eigenvalue weighted by atomic mass is 16.3. The summed E-state index contributed by atoms with van der Waals surface area (Å²) in [5.74, 6) is 0.470. The van der Waals surface area contributed by atoms with Crippen LogP contribution in [0.15, 0.2) is 10.7 Å². The molecule has 1 fully saturated rings. The van der Waals surface area contributed by atoms with Crippen molar-refractivity contribution in [3.05, 3.63) is 17.8 Å². The Morgan fingerprint density at radius 1 is 1.32 bits per heavy atom. The van der Waals surface area contributed by atoms with Crippen LogP contribution in [0.2, 0.25) is 0 Å². The van der Waals surface area contributed by atoms with Gasteiger partial charge in [0.15, 0.2) is 5.69 Å². The average Bonchev–Trinajstić information content (AvgIpc) is 3.02. The maximum Gasteiger partial charge on any atom is 0.273 e. The molecule has 6 nitrogen and oxygen atoms in total. The average molecular weight is 307 g/mol. The number of rotatable bonds is 6. The van der Waals surface area contributed by atoms with E-state index in [0.29, 0.717) is 25.5 Å². The fraction of sp³-hybridized carbons (Fsp3) is 0.688. The van der Waals surface area contributed by atoms with Crippen LogP contribution in [-0.4, -0.2) is 34.8 Å². The van der Waals surface area contributed by atoms with Crippen molar-refractivity contribution in [1.82, 2.24) is 15.2 Å². The molecule has 22 heavy (non-hydrogen) atoms. The van der Waals surface area contributed by atoms with E-state index in [9.17, 15) is 9.59 Å². The van der Waals surface area contributed by atoms with Crippen LogP contribution in [0.25, 0.3) is 0 Å². The number of carbonyl (C=O) groups excluding carboxylic acids is 2. The van der Waals surface area contributed by atoms with Crippen LogP contribution < -0.4 is 5.32 Å². The molecule has 1 heterocycles. The highest BCUT2D eigenvalue weighted by Gasteiger charge is 2.26. The summed E-state index contributed by atoms with van der Waals surface area (Å²) in [5.41, 5.74) is 0.262. The van der Waals surface area contributed by atoms with Gasteiger partial charge in [0.1, 0.15) is 6.26 Å². The first-order valence-corrected chi connectivity index (χ1v) is 8.17. The van der Waals surface area contributed by atoms with Gasteiger partial charge in [-0.2, -0.15) is 0 Å². The number of nitrogens with zero attached hydrogens (tertiary/aromatic N) is 2. The van der Waals surface area contributed by atoms with Crippen molar-refractivity contribution in [2.75, 3.05) is 13.1 Å². The summed E-state index contributed by atoms with van der Waals surface area (Å²) in [6, 6.07) is 0. The minimum absolute atomic E-state index is 0.131. The molecule has 1 aliphatic carbocycles. The summed E-state index contributed by atoms with van der Waals surface area (Å²) in [7, 11) is 0. The predicted molar refractivity (Wildman–Crippen MR) is 82.2 cm³/mol. The Hall–Kier alpha value is -1.85. The molecule has 0 aliphatic heterocycles. The van der Waals surface area contributed by atoms with E-state index < -0.39 is 0 Å². The quantitative estimate of drug-likeness (QED) is 0.875. The van der Waals surface area contributed by atoms with Crippen LogP contribution in [0.4, 0.5) is 0 Å². The molecule has 1 aliphatic rings. The van der Waals surface area contributed by atoms with Gasteiger partial charge in [-0.05, 0) is 26.7 Å². The van der Waals surface area contributed by atoms with E-state index >= 15 is 0 Å². The van der Waals surface area contributed by atoms with E-state index in [-0.39, 0.29) is 23.4 Å². The Morgan fingerprint density at radius 3 is 2.68 bits per heavy atom. The minimum Gasteiger partial charge on any atom is -0.446 e. The molecule has 1 saturated carbocycles. The van der Waals surface area contributed by atoms with E-state index in [1.165, 1.54) is 12.7 Å². The lowest BCUT2D eigenvalue weighted by Gasteiger charge is -2.27. The molecule has 0 bridgehead atoms. The molecule has 2 amide bonds. The zero-order valence-electron chi connectivity index (χ0n) is 13.4. The normalized spacial score (nSPS) is 15.5. The molecule has 0 radical (unpaired) electrons. The van der Waals surface area contributed by atoms with Crippen LogP contribution in [-0.2, 0) is 11.3 Å². The second-order valence-corrected chi connectivity index (χ2v) is 5.67. The third kappa shape index (κ3) is 4.08. The fourth-order valence-corrected chi connectivity index (χ4v) is 2.86. The van der Waals surface area contributed by atoms with Crippen molar-refractivity contribution in [1.29, 1.82) is 0 Å². The molecule has 0 spiro atoms. The van der Waals surface area contributed by atoms with Crippen LogP contribution in [0.5, 0.6) is 0 Å². The highest BCUT2D eigenvalue weighted by Crippen LogP contribution is 2.25. The maximum absolute atomic E-state index is 12.6. The zero-order valence-corrected chi connectivity index (χ0v) is 13.4. The summed E-state index contributed by atoms with van der Waals surface area (Å²) >= 11 is 0. The topological polar surface area (TPSA) is 75.4 Å². The van der Waals surface area contributed by atoms with Crippen LogP contribution in [0, 0.1) is 5.92 Å². The van der Waals surface area contributed by atoms with E-state index in [2.05, 4.69) is 10.3 Å². The van der Waals surface area contributed by atoms with Gasteiger partial charge in [0.05, 0.1) is 6.54 Å². The lowest BCUT2D eigenvalue weighted by atomic mass is 9.88. The second-order valence-electron chi connectivity index (χ2n) is 5.67. The molecule has 1 aromatic heterocycles. The molecule has 0 saturated heterocycles. The highest BCUT2D eigenvalue weighted by molar-refractivity contribution is 5.91. The SMILES string of the molecule is CCNC(=O)c1coc(CN(CC)C(=O)C2CCCCC2)n1. The molecular weight excluding hydrogens is 282 g/mol. The first-order valence-electron chi connectivity index (χ1n) is 8.17. The smallest absolute Gasteiger partial charge is 0.273 e. The molecule has 1 N–H and O–H groups in total. The monoisotopic (exact) mass is 307 g/mol. The molecule has 1 aromatic rings. The third-order valence-electron chi connectivity index (χ3n) is 4.10. The van der Waals surface area contributed by atoms with Crippen molar-refractivity contribution >= 4 is 11.8 Å². The summed E-state index contributed by atoms with van der Waals surface area (Å²) in [6.45, 7) is 5.29. The molecule has 0 unspecified atom stereocenters. The largest absolute Gasteiger partial charge is 0.446 e. The Balaban J connectivity index is 1.97. The van der Waals surface area contributed by atoms with Gasteiger partial charge in [0.25, 0.3) is 5.91 Å². The number of hydrogen-bond acceptors (Lipinski definition) is 4. The van der Waals surface area contributed by atoms with Gasteiger partial charge in [-0.1, -0.05) is 19.3 Å². The van der Waals surface area contributed by atoms with Crippen LogP contribution >= 0.6 is 0 Å². The molecular formula is C16H25N3O3. The second kappa shape index (κ2) is 7.96. The van der Waals surface area contributed by atoms with Gasteiger partial charge in [0.2, 0.25) is 11.8 Å². The third-order valence-corrected chi connectivity index (χ3v) is 4.10. The molecule has 0 aromatic carbocycles. The predicted octanol–water partition coefficient (Wildman–Crippen LogP) is 2.35. The first kappa shape index (κ1) is 16.5. The Bertz CT molecular complexity index is 506. The summed E-state index contributed by atoms with van der Waals surface area (Å²) in [4.78, 5) is 30.2. The molecule has 122 valence electrons. The van der Waals surface area contributed by atoms with Crippen molar-refractivity contribution in [2.24, 2.45) is 5.92 Å². The van der Waals surface area contributed by atoms with Gasteiger partial charge >= 0.3 is 0 Å². The number of nitrogens with one attached hydrogen (secondary N) is 1. The van der Waals surface area contributed by atoms with Crippen LogP contribution in [0.1, 0.15) is 62.3 Å². The van der Waals surface area contributed by atoms with E-state index in [0.717, 1.165) is 25.7 Å². The maximum atomic E-state index is 12.6. The number of amides is 2. The first-order chi connectivity index (χ1) is 10.7. The number of aromatic nitrogens is 1. The van der Waals surface area contributed by atoms with Gasteiger partial charge < -0.3 is 14.6 Å².